The Morgan fingerprint density at radius 3 is 2.65 bits per heavy atom. The number of pyridine rings is 1. The maximum Gasteiger partial charge on any atom is 0.259 e. The molecule has 1 aromatic carbocycles. The van der Waals surface area contributed by atoms with Crippen LogP contribution in [0.3, 0.4) is 0 Å². The average molecular weight is 404 g/mol. The molecule has 0 aliphatic rings. The first-order chi connectivity index (χ1) is 9.51. The van der Waals surface area contributed by atoms with Crippen LogP contribution in [-0.2, 0) is 0 Å². The molecule has 0 saturated heterocycles. The number of nitrogens with two attached hydrogens (primary N) is 1. The van der Waals surface area contributed by atoms with Crippen molar-refractivity contribution in [3.05, 3.63) is 50.8 Å². The molecular formula is C12H9Br2FN4O. The molecule has 2 rings (SSSR count). The van der Waals surface area contributed by atoms with Gasteiger partial charge in [0.15, 0.2) is 5.82 Å². The summed E-state index contributed by atoms with van der Waals surface area (Å²) in [6, 6.07) is 5.88. The second kappa shape index (κ2) is 6.29. The van der Waals surface area contributed by atoms with Gasteiger partial charge in [0.05, 0.1) is 11.3 Å². The van der Waals surface area contributed by atoms with Crippen LogP contribution in [0, 0.1) is 5.82 Å². The Morgan fingerprint density at radius 1 is 1.25 bits per heavy atom. The smallest absolute Gasteiger partial charge is 0.259 e. The summed E-state index contributed by atoms with van der Waals surface area (Å²) in [5.41, 5.74) is 2.59. The second-order valence-corrected chi connectivity index (χ2v) is 5.60. The van der Waals surface area contributed by atoms with Crippen LogP contribution in [0.1, 0.15) is 10.4 Å². The maximum absolute atomic E-state index is 13.7. The Kier molecular flexibility index (Phi) is 4.69. The Labute approximate surface area is 131 Å². The molecule has 104 valence electrons. The second-order valence-electron chi connectivity index (χ2n) is 3.77. The highest BCUT2D eigenvalue weighted by Crippen LogP contribution is 2.22. The van der Waals surface area contributed by atoms with Crippen LogP contribution in [0.5, 0.6) is 0 Å². The predicted octanol–water partition coefficient (Wildman–Crippen LogP) is 3.28. The van der Waals surface area contributed by atoms with Gasteiger partial charge in [0.25, 0.3) is 5.91 Å². The van der Waals surface area contributed by atoms with Gasteiger partial charge in [-0.05, 0) is 40.2 Å². The number of hydrogen-bond acceptors (Lipinski definition) is 4. The number of nitrogens with zero attached hydrogens (tertiary/aromatic N) is 1. The van der Waals surface area contributed by atoms with Gasteiger partial charge >= 0.3 is 0 Å². The summed E-state index contributed by atoms with van der Waals surface area (Å²) in [5, 5.41) is 2.46. The van der Waals surface area contributed by atoms with Gasteiger partial charge in [-0.1, -0.05) is 15.9 Å². The lowest BCUT2D eigenvalue weighted by molar-refractivity contribution is 0.102. The molecule has 0 fully saturated rings. The first-order valence-corrected chi connectivity index (χ1v) is 6.98. The van der Waals surface area contributed by atoms with Gasteiger partial charge in [0.1, 0.15) is 5.82 Å². The number of carbonyl (C=O) groups is 1. The van der Waals surface area contributed by atoms with Crippen molar-refractivity contribution in [1.29, 1.82) is 0 Å². The Morgan fingerprint density at radius 2 is 2.00 bits per heavy atom. The van der Waals surface area contributed by atoms with E-state index in [1.165, 1.54) is 24.4 Å². The number of halogens is 3. The maximum atomic E-state index is 13.7. The van der Waals surface area contributed by atoms with Crippen LogP contribution in [0.4, 0.5) is 15.9 Å². The molecule has 1 aromatic heterocycles. The summed E-state index contributed by atoms with van der Waals surface area (Å²) < 4.78 is 14.9. The fourth-order valence-corrected chi connectivity index (χ4v) is 2.17. The number of benzene rings is 1. The number of nitrogen functional groups attached to an aromatic ring is 1. The average Bonchev–Trinajstić information content (AvgIpc) is 2.41. The van der Waals surface area contributed by atoms with Crippen LogP contribution in [0.2, 0.25) is 0 Å². The summed E-state index contributed by atoms with van der Waals surface area (Å²) in [5.74, 6) is 4.43. The van der Waals surface area contributed by atoms with Crippen LogP contribution in [0.15, 0.2) is 39.4 Å². The number of carbonyl (C=O) groups excluding carboxylic acids is 1. The van der Waals surface area contributed by atoms with Gasteiger partial charge in [-0.15, -0.1) is 0 Å². The van der Waals surface area contributed by atoms with E-state index in [9.17, 15) is 9.18 Å². The number of aromatic nitrogens is 1. The minimum absolute atomic E-state index is 0.0705. The molecule has 5 nitrogen and oxygen atoms in total. The highest BCUT2D eigenvalue weighted by Gasteiger charge is 2.15. The van der Waals surface area contributed by atoms with Gasteiger partial charge in [-0.3, -0.25) is 4.79 Å². The first-order valence-electron chi connectivity index (χ1n) is 5.40. The number of hydrogen-bond donors (Lipinski definition) is 3. The molecule has 0 radical (unpaired) electrons. The van der Waals surface area contributed by atoms with Crippen LogP contribution in [-0.4, -0.2) is 10.9 Å². The van der Waals surface area contributed by atoms with E-state index in [0.29, 0.717) is 8.95 Å². The molecule has 0 unspecified atom stereocenters. The zero-order valence-corrected chi connectivity index (χ0v) is 13.1. The Hall–Kier alpha value is -1.51. The fraction of sp³-hybridized carbons (Fsp3) is 0. The highest BCUT2D eigenvalue weighted by atomic mass is 79.9. The minimum atomic E-state index is -0.544. The third-order valence-electron chi connectivity index (χ3n) is 2.42. The Balaban J connectivity index is 2.30. The lowest BCUT2D eigenvalue weighted by atomic mass is 10.2. The van der Waals surface area contributed by atoms with Crippen molar-refractivity contribution in [2.75, 3.05) is 10.7 Å². The van der Waals surface area contributed by atoms with Crippen LogP contribution in [0.25, 0.3) is 0 Å². The van der Waals surface area contributed by atoms with E-state index < -0.39 is 11.7 Å². The zero-order chi connectivity index (χ0) is 14.7. The summed E-state index contributed by atoms with van der Waals surface area (Å²) in [6.45, 7) is 0. The largest absolute Gasteiger partial charge is 0.319 e. The number of hydrazine groups is 1. The molecule has 0 aliphatic carbocycles. The summed E-state index contributed by atoms with van der Waals surface area (Å²) in [4.78, 5) is 16.1. The lowest BCUT2D eigenvalue weighted by Gasteiger charge is -2.10. The van der Waals surface area contributed by atoms with Crippen molar-refractivity contribution >= 4 is 49.3 Å². The predicted molar refractivity (Wildman–Crippen MR) is 81.8 cm³/mol. The van der Waals surface area contributed by atoms with Gasteiger partial charge in [-0.25, -0.2) is 15.2 Å². The molecule has 4 N–H and O–H groups in total. The number of anilines is 2. The van der Waals surface area contributed by atoms with Crippen LogP contribution >= 0.6 is 31.9 Å². The fourth-order valence-electron chi connectivity index (χ4n) is 1.51. The van der Waals surface area contributed by atoms with Gasteiger partial charge in [0, 0.05) is 15.1 Å². The van der Waals surface area contributed by atoms with E-state index >= 15 is 0 Å². The number of nitrogens with one attached hydrogen (secondary N) is 2. The van der Waals surface area contributed by atoms with Crippen molar-refractivity contribution in [3.8, 4) is 0 Å². The van der Waals surface area contributed by atoms with Crippen molar-refractivity contribution < 1.29 is 9.18 Å². The molecule has 1 amide bonds. The quantitative estimate of drug-likeness (QED) is 0.542. The highest BCUT2D eigenvalue weighted by molar-refractivity contribution is 9.10. The topological polar surface area (TPSA) is 80.0 Å². The molecule has 0 saturated carbocycles. The minimum Gasteiger partial charge on any atom is -0.319 e. The Bertz CT molecular complexity index is 666. The lowest BCUT2D eigenvalue weighted by Crippen LogP contribution is -2.19. The van der Waals surface area contributed by atoms with E-state index in [4.69, 9.17) is 5.84 Å². The van der Waals surface area contributed by atoms with Gasteiger partial charge < -0.3 is 10.7 Å². The summed E-state index contributed by atoms with van der Waals surface area (Å²) >= 11 is 6.36. The standard InChI is InChI=1S/C12H9Br2FN4O/c13-6-1-2-10(9(15)4-6)18-12(20)8-3-7(14)5-17-11(8)19-16/h1-5H,16H2,(H,17,19)(H,18,20). The van der Waals surface area contributed by atoms with E-state index in [0.717, 1.165) is 0 Å². The summed E-state index contributed by atoms with van der Waals surface area (Å²) in [7, 11) is 0. The van der Waals surface area contributed by atoms with E-state index in [-0.39, 0.29) is 17.1 Å². The van der Waals surface area contributed by atoms with Crippen molar-refractivity contribution in [2.24, 2.45) is 5.84 Å². The van der Waals surface area contributed by atoms with E-state index in [1.54, 1.807) is 6.07 Å². The third kappa shape index (κ3) is 3.33. The zero-order valence-electron chi connectivity index (χ0n) is 9.95. The van der Waals surface area contributed by atoms with Gasteiger partial charge in [0.2, 0.25) is 0 Å². The van der Waals surface area contributed by atoms with E-state index in [1.807, 2.05) is 0 Å². The van der Waals surface area contributed by atoms with Crippen molar-refractivity contribution in [1.82, 2.24) is 4.98 Å². The molecule has 8 heteroatoms. The molecule has 2 aromatic rings. The molecule has 20 heavy (non-hydrogen) atoms. The third-order valence-corrected chi connectivity index (χ3v) is 3.34. The number of amides is 1. The first kappa shape index (κ1) is 14.9. The molecule has 0 spiro atoms. The number of rotatable bonds is 3. The van der Waals surface area contributed by atoms with E-state index in [2.05, 4.69) is 47.6 Å². The normalized spacial score (nSPS) is 10.2. The molecule has 0 bridgehead atoms. The van der Waals surface area contributed by atoms with Crippen molar-refractivity contribution in [3.63, 3.8) is 0 Å². The molecular weight excluding hydrogens is 395 g/mol. The SMILES string of the molecule is NNc1ncc(Br)cc1C(=O)Nc1ccc(Br)cc1F. The van der Waals surface area contributed by atoms with Crippen LogP contribution < -0.4 is 16.6 Å². The molecule has 1 heterocycles. The molecule has 0 atom stereocenters. The van der Waals surface area contributed by atoms with Crippen molar-refractivity contribution in [2.45, 2.75) is 0 Å². The summed E-state index contributed by atoms with van der Waals surface area (Å²) in [6.07, 6.45) is 1.49. The monoisotopic (exact) mass is 402 g/mol. The molecule has 0 aliphatic heterocycles. The van der Waals surface area contributed by atoms with Gasteiger partial charge in [-0.2, -0.15) is 0 Å².